The number of fused-ring (bicyclic) bond motifs is 1. The normalized spacial score (nSPS) is 23.3. The quantitative estimate of drug-likeness (QED) is 0.891. The molecule has 0 aliphatic carbocycles. The highest BCUT2D eigenvalue weighted by Gasteiger charge is 2.22. The van der Waals surface area contributed by atoms with Gasteiger partial charge in [-0.1, -0.05) is 6.07 Å². The summed E-state index contributed by atoms with van der Waals surface area (Å²) < 4.78 is 10.6. The summed E-state index contributed by atoms with van der Waals surface area (Å²) in [5.74, 6) is 1.53. The minimum absolute atomic E-state index is 0. The molecular weight excluding hydrogens is 292 g/mol. The van der Waals surface area contributed by atoms with Gasteiger partial charge in [-0.2, -0.15) is 0 Å². The number of ether oxygens (including phenoxy) is 2. The lowest BCUT2D eigenvalue weighted by molar-refractivity contribution is -0.121. The number of piperidine rings is 1. The minimum atomic E-state index is 0. The first-order valence-corrected chi connectivity index (χ1v) is 7.13. The SMILES string of the molecule is CC1NCCCC1NC(=O)Cc1ccc2c(c1)OCO2.Cl. The smallest absolute Gasteiger partial charge is 0.231 e. The molecule has 0 aromatic heterocycles. The molecule has 1 fully saturated rings. The molecule has 2 N–H and O–H groups in total. The monoisotopic (exact) mass is 312 g/mol. The van der Waals surface area contributed by atoms with Gasteiger partial charge in [0.1, 0.15) is 0 Å². The lowest BCUT2D eigenvalue weighted by Gasteiger charge is -2.30. The molecule has 2 unspecified atom stereocenters. The number of carbonyl (C=O) groups excluding carboxylic acids is 1. The molecule has 0 spiro atoms. The molecule has 2 atom stereocenters. The van der Waals surface area contributed by atoms with Crippen LogP contribution < -0.4 is 20.1 Å². The second-order valence-electron chi connectivity index (χ2n) is 5.42. The van der Waals surface area contributed by atoms with E-state index in [0.717, 1.165) is 36.4 Å². The Morgan fingerprint density at radius 3 is 3.00 bits per heavy atom. The summed E-state index contributed by atoms with van der Waals surface area (Å²) >= 11 is 0. The summed E-state index contributed by atoms with van der Waals surface area (Å²) in [6.45, 7) is 3.41. The van der Waals surface area contributed by atoms with E-state index in [0.29, 0.717) is 12.5 Å². The average molecular weight is 313 g/mol. The van der Waals surface area contributed by atoms with Gasteiger partial charge in [0.05, 0.1) is 6.42 Å². The van der Waals surface area contributed by atoms with E-state index in [1.54, 1.807) is 0 Å². The average Bonchev–Trinajstić information content (AvgIpc) is 2.89. The molecule has 21 heavy (non-hydrogen) atoms. The molecule has 116 valence electrons. The van der Waals surface area contributed by atoms with E-state index in [2.05, 4.69) is 17.6 Å². The molecule has 1 saturated heterocycles. The molecule has 0 radical (unpaired) electrons. The van der Waals surface area contributed by atoms with Gasteiger partial charge >= 0.3 is 0 Å². The summed E-state index contributed by atoms with van der Waals surface area (Å²) in [5, 5.41) is 6.50. The van der Waals surface area contributed by atoms with E-state index in [9.17, 15) is 4.79 Å². The Hall–Kier alpha value is -1.46. The van der Waals surface area contributed by atoms with E-state index in [4.69, 9.17) is 9.47 Å². The molecule has 6 heteroatoms. The Balaban J connectivity index is 0.00000161. The van der Waals surface area contributed by atoms with Crippen molar-refractivity contribution in [2.24, 2.45) is 0 Å². The molecule has 2 aliphatic rings. The van der Waals surface area contributed by atoms with Crippen molar-refractivity contribution in [1.82, 2.24) is 10.6 Å². The van der Waals surface area contributed by atoms with Crippen LogP contribution in [0.4, 0.5) is 0 Å². The van der Waals surface area contributed by atoms with Crippen molar-refractivity contribution in [3.63, 3.8) is 0 Å². The van der Waals surface area contributed by atoms with Gasteiger partial charge in [0, 0.05) is 12.1 Å². The summed E-state index contributed by atoms with van der Waals surface area (Å²) in [6.07, 6.45) is 2.53. The Bertz CT molecular complexity index is 510. The van der Waals surface area contributed by atoms with E-state index in [1.165, 1.54) is 0 Å². The van der Waals surface area contributed by atoms with Gasteiger partial charge in [0.15, 0.2) is 11.5 Å². The fourth-order valence-corrected chi connectivity index (χ4v) is 2.74. The molecule has 2 heterocycles. The van der Waals surface area contributed by atoms with Crippen LogP contribution in [0.2, 0.25) is 0 Å². The Morgan fingerprint density at radius 1 is 1.38 bits per heavy atom. The van der Waals surface area contributed by atoms with Crippen molar-refractivity contribution >= 4 is 18.3 Å². The van der Waals surface area contributed by atoms with Crippen LogP contribution in [0, 0.1) is 0 Å². The number of hydrogen-bond acceptors (Lipinski definition) is 4. The van der Waals surface area contributed by atoms with Crippen LogP contribution in [-0.4, -0.2) is 31.3 Å². The second-order valence-corrected chi connectivity index (χ2v) is 5.42. The number of hydrogen-bond donors (Lipinski definition) is 2. The molecule has 1 amide bonds. The molecule has 0 saturated carbocycles. The number of nitrogens with one attached hydrogen (secondary N) is 2. The van der Waals surface area contributed by atoms with E-state index in [1.807, 2.05) is 18.2 Å². The van der Waals surface area contributed by atoms with Gasteiger partial charge in [-0.3, -0.25) is 4.79 Å². The predicted molar refractivity (Wildman–Crippen MR) is 82.1 cm³/mol. The zero-order valence-corrected chi connectivity index (χ0v) is 12.9. The minimum Gasteiger partial charge on any atom is -0.454 e. The van der Waals surface area contributed by atoms with Crippen LogP contribution in [0.5, 0.6) is 11.5 Å². The topological polar surface area (TPSA) is 59.6 Å². The molecule has 3 rings (SSSR count). The highest BCUT2D eigenvalue weighted by atomic mass is 35.5. The maximum atomic E-state index is 12.1. The van der Waals surface area contributed by atoms with Crippen molar-refractivity contribution < 1.29 is 14.3 Å². The molecule has 5 nitrogen and oxygen atoms in total. The zero-order chi connectivity index (χ0) is 13.9. The van der Waals surface area contributed by atoms with Crippen molar-refractivity contribution in [2.45, 2.75) is 38.3 Å². The third-order valence-electron chi connectivity index (χ3n) is 3.91. The first kappa shape index (κ1) is 15.9. The summed E-state index contributed by atoms with van der Waals surface area (Å²) in [6, 6.07) is 6.21. The van der Waals surface area contributed by atoms with Gasteiger partial charge in [0.2, 0.25) is 12.7 Å². The van der Waals surface area contributed by atoms with Gasteiger partial charge in [-0.05, 0) is 44.0 Å². The van der Waals surface area contributed by atoms with Gasteiger partial charge in [-0.15, -0.1) is 12.4 Å². The Morgan fingerprint density at radius 2 is 2.19 bits per heavy atom. The van der Waals surface area contributed by atoms with Crippen LogP contribution in [0.1, 0.15) is 25.3 Å². The summed E-state index contributed by atoms with van der Waals surface area (Å²) in [7, 11) is 0. The zero-order valence-electron chi connectivity index (χ0n) is 12.1. The molecule has 1 aromatic rings. The number of rotatable bonds is 3. The van der Waals surface area contributed by atoms with Gasteiger partial charge in [-0.25, -0.2) is 0 Å². The first-order chi connectivity index (χ1) is 9.72. The number of benzene rings is 1. The Labute approximate surface area is 130 Å². The first-order valence-electron chi connectivity index (χ1n) is 7.13. The fourth-order valence-electron chi connectivity index (χ4n) is 2.74. The second kappa shape index (κ2) is 7.00. The lowest BCUT2D eigenvalue weighted by Crippen LogP contribution is -2.52. The highest BCUT2D eigenvalue weighted by molar-refractivity contribution is 5.85. The number of amides is 1. The van der Waals surface area contributed by atoms with E-state index in [-0.39, 0.29) is 31.1 Å². The number of carbonyl (C=O) groups is 1. The standard InChI is InChI=1S/C15H20N2O3.ClH/c1-10-12(3-2-6-16-10)17-15(18)8-11-4-5-13-14(7-11)20-9-19-13;/h4-5,7,10,12,16H,2-3,6,8-9H2,1H3,(H,17,18);1H. The molecule has 2 aliphatic heterocycles. The molecule has 1 aromatic carbocycles. The Kier molecular flexibility index (Phi) is 5.31. The molecular formula is C15H21ClN2O3. The van der Waals surface area contributed by atoms with Crippen molar-refractivity contribution in [1.29, 1.82) is 0 Å². The largest absolute Gasteiger partial charge is 0.454 e. The van der Waals surface area contributed by atoms with Crippen LogP contribution in [0.25, 0.3) is 0 Å². The van der Waals surface area contributed by atoms with Crippen molar-refractivity contribution in [3.05, 3.63) is 23.8 Å². The fraction of sp³-hybridized carbons (Fsp3) is 0.533. The van der Waals surface area contributed by atoms with Crippen LogP contribution in [0.15, 0.2) is 18.2 Å². The third-order valence-corrected chi connectivity index (χ3v) is 3.91. The van der Waals surface area contributed by atoms with Crippen molar-refractivity contribution in [2.75, 3.05) is 13.3 Å². The lowest BCUT2D eigenvalue weighted by atomic mass is 9.99. The molecule has 0 bridgehead atoms. The van der Waals surface area contributed by atoms with Crippen LogP contribution >= 0.6 is 12.4 Å². The number of halogens is 1. The van der Waals surface area contributed by atoms with Gasteiger partial charge < -0.3 is 20.1 Å². The maximum absolute atomic E-state index is 12.1. The summed E-state index contributed by atoms with van der Waals surface area (Å²) in [4.78, 5) is 12.1. The predicted octanol–water partition coefficient (Wildman–Crippen LogP) is 1.64. The summed E-state index contributed by atoms with van der Waals surface area (Å²) in [5.41, 5.74) is 0.947. The maximum Gasteiger partial charge on any atom is 0.231 e. The highest BCUT2D eigenvalue weighted by Crippen LogP contribution is 2.32. The van der Waals surface area contributed by atoms with Crippen LogP contribution in [-0.2, 0) is 11.2 Å². The van der Waals surface area contributed by atoms with Gasteiger partial charge in [0.25, 0.3) is 0 Å². The van der Waals surface area contributed by atoms with Crippen LogP contribution in [0.3, 0.4) is 0 Å². The van der Waals surface area contributed by atoms with E-state index >= 15 is 0 Å². The third kappa shape index (κ3) is 3.80. The van der Waals surface area contributed by atoms with E-state index < -0.39 is 0 Å². The van der Waals surface area contributed by atoms with Crippen molar-refractivity contribution in [3.8, 4) is 11.5 Å².